The summed E-state index contributed by atoms with van der Waals surface area (Å²) in [7, 11) is 0. The van der Waals surface area contributed by atoms with Crippen molar-refractivity contribution in [2.24, 2.45) is 0 Å². The topological polar surface area (TPSA) is 102 Å². The van der Waals surface area contributed by atoms with E-state index in [1.807, 2.05) is 0 Å². The van der Waals surface area contributed by atoms with Crippen LogP contribution in [0.5, 0.6) is 11.8 Å². The zero-order valence-corrected chi connectivity index (χ0v) is 21.4. The lowest BCUT2D eigenvalue weighted by Crippen LogP contribution is -2.34. The SMILES string of the molecule is O[C@@H]1CO[C@H]2[C@@H]1OC[C@H]2Oc1nc2nc(CCc3c(F)cc(OCCN4CCCC4)cc3F)c(Cl)cc2[nH]1. The fraction of sp³-hybridized carbons (Fsp3) is 0.538. The van der Waals surface area contributed by atoms with Gasteiger partial charge in [-0.05, 0) is 44.8 Å². The molecule has 0 unspecified atom stereocenters. The number of halogens is 3. The van der Waals surface area contributed by atoms with Crippen LogP contribution < -0.4 is 9.47 Å². The summed E-state index contributed by atoms with van der Waals surface area (Å²) in [4.78, 5) is 14.2. The molecule has 1 aromatic carbocycles. The summed E-state index contributed by atoms with van der Waals surface area (Å²) in [5.74, 6) is -1.14. The Hall–Kier alpha value is -2.57. The van der Waals surface area contributed by atoms with Gasteiger partial charge in [-0.25, -0.2) is 13.8 Å². The van der Waals surface area contributed by atoms with Crippen LogP contribution >= 0.6 is 11.6 Å². The molecule has 6 rings (SSSR count). The van der Waals surface area contributed by atoms with E-state index in [9.17, 15) is 13.9 Å². The number of imidazole rings is 1. The smallest absolute Gasteiger partial charge is 0.296 e. The van der Waals surface area contributed by atoms with Gasteiger partial charge in [-0.2, -0.15) is 4.98 Å². The van der Waals surface area contributed by atoms with Gasteiger partial charge in [-0.3, -0.25) is 4.90 Å². The molecule has 3 fully saturated rings. The van der Waals surface area contributed by atoms with Crippen LogP contribution in [0.2, 0.25) is 5.02 Å². The Morgan fingerprint density at radius 3 is 2.61 bits per heavy atom. The lowest BCUT2D eigenvalue weighted by atomic mass is 10.1. The number of nitrogens with zero attached hydrogens (tertiary/aromatic N) is 3. The number of H-pyrrole nitrogens is 1. The maximum atomic E-state index is 14.8. The Balaban J connectivity index is 1.09. The molecular weight excluding hydrogens is 522 g/mol. The summed E-state index contributed by atoms with van der Waals surface area (Å²) in [6.45, 7) is 3.67. The van der Waals surface area contributed by atoms with Crippen molar-refractivity contribution in [1.82, 2.24) is 19.9 Å². The zero-order chi connectivity index (χ0) is 26.2. The number of ether oxygens (including phenoxy) is 4. The lowest BCUT2D eigenvalue weighted by molar-refractivity contribution is 0.00706. The molecule has 4 atom stereocenters. The van der Waals surface area contributed by atoms with Gasteiger partial charge in [-0.1, -0.05) is 11.6 Å². The Morgan fingerprint density at radius 1 is 1.05 bits per heavy atom. The summed E-state index contributed by atoms with van der Waals surface area (Å²) in [5.41, 5.74) is 1.35. The molecule has 9 nitrogen and oxygen atoms in total. The van der Waals surface area contributed by atoms with Crippen molar-refractivity contribution in [2.75, 3.05) is 39.5 Å². The summed E-state index contributed by atoms with van der Waals surface area (Å²) in [6.07, 6.45) is 0.744. The number of aromatic amines is 1. The molecule has 0 saturated carbocycles. The standard InChI is InChI=1S/C26H29ClF2N4O5/c27-16-11-20-25(32-26(31-20)38-22-13-37-23-21(34)12-36-24(22)23)30-19(16)4-3-15-17(28)9-14(10-18(15)29)35-8-7-33-5-1-2-6-33/h9-11,21-24,34H,1-8,12-13H2,(H,30,31,32)/t21-,22-,23-,24-/m1/s1. The Labute approximate surface area is 223 Å². The van der Waals surface area contributed by atoms with Crippen molar-refractivity contribution in [1.29, 1.82) is 0 Å². The van der Waals surface area contributed by atoms with Crippen molar-refractivity contribution in [3.05, 3.63) is 46.1 Å². The average Bonchev–Trinajstić information content (AvgIpc) is 3.67. The largest absolute Gasteiger partial charge is 0.492 e. The first kappa shape index (κ1) is 25.7. The molecule has 0 spiro atoms. The van der Waals surface area contributed by atoms with Crippen molar-refractivity contribution in [2.45, 2.75) is 50.1 Å². The highest BCUT2D eigenvalue weighted by Crippen LogP contribution is 2.30. The highest BCUT2D eigenvalue weighted by atomic mass is 35.5. The first-order valence-corrected chi connectivity index (χ1v) is 13.3. The number of aliphatic hydroxyl groups is 1. The van der Waals surface area contributed by atoms with E-state index in [0.717, 1.165) is 19.6 Å². The van der Waals surface area contributed by atoms with Crippen LogP contribution in [0.3, 0.4) is 0 Å². The monoisotopic (exact) mass is 550 g/mol. The molecule has 2 aromatic heterocycles. The van der Waals surface area contributed by atoms with E-state index in [1.165, 1.54) is 25.0 Å². The molecule has 3 aliphatic heterocycles. The Kier molecular flexibility index (Phi) is 7.37. The first-order chi connectivity index (χ1) is 18.4. The van der Waals surface area contributed by atoms with Crippen LogP contribution in [0.1, 0.15) is 24.1 Å². The van der Waals surface area contributed by atoms with Crippen molar-refractivity contribution in [3.63, 3.8) is 0 Å². The molecule has 3 saturated heterocycles. The van der Waals surface area contributed by atoms with Gasteiger partial charge in [0.2, 0.25) is 0 Å². The van der Waals surface area contributed by atoms with Gasteiger partial charge in [0.15, 0.2) is 11.8 Å². The predicted octanol–water partition coefficient (Wildman–Crippen LogP) is 3.06. The first-order valence-electron chi connectivity index (χ1n) is 12.9. The normalized spacial score (nSPS) is 25.4. The minimum atomic E-state index is -0.675. The number of aromatic nitrogens is 3. The number of rotatable bonds is 9. The van der Waals surface area contributed by atoms with E-state index in [1.54, 1.807) is 6.07 Å². The fourth-order valence-corrected chi connectivity index (χ4v) is 5.54. The van der Waals surface area contributed by atoms with Gasteiger partial charge in [0.1, 0.15) is 42.3 Å². The minimum Gasteiger partial charge on any atom is -0.492 e. The molecule has 5 heterocycles. The van der Waals surface area contributed by atoms with Gasteiger partial charge in [0, 0.05) is 24.2 Å². The molecule has 0 radical (unpaired) electrons. The Morgan fingerprint density at radius 2 is 1.82 bits per heavy atom. The highest BCUT2D eigenvalue weighted by molar-refractivity contribution is 6.31. The van der Waals surface area contributed by atoms with Crippen LogP contribution in [0, 0.1) is 11.6 Å². The second-order valence-electron chi connectivity index (χ2n) is 9.91. The quantitative estimate of drug-likeness (QED) is 0.419. The van der Waals surface area contributed by atoms with Crippen molar-refractivity contribution >= 4 is 22.8 Å². The molecule has 3 aliphatic rings. The molecule has 3 aromatic rings. The minimum absolute atomic E-state index is 0.0459. The van der Waals surface area contributed by atoms with Crippen LogP contribution in [-0.4, -0.2) is 88.8 Å². The van der Waals surface area contributed by atoms with E-state index < -0.39 is 29.9 Å². The summed E-state index contributed by atoms with van der Waals surface area (Å²) >= 11 is 6.42. The van der Waals surface area contributed by atoms with Crippen LogP contribution in [0.4, 0.5) is 8.78 Å². The third-order valence-electron chi connectivity index (χ3n) is 7.32. The fourth-order valence-electron chi connectivity index (χ4n) is 5.30. The average molecular weight is 551 g/mol. The number of aliphatic hydroxyl groups excluding tert-OH is 1. The molecule has 0 amide bonds. The number of aryl methyl sites for hydroxylation is 1. The van der Waals surface area contributed by atoms with Gasteiger partial charge in [-0.15, -0.1) is 0 Å². The molecule has 204 valence electrons. The molecule has 38 heavy (non-hydrogen) atoms. The third-order valence-corrected chi connectivity index (χ3v) is 7.65. The third kappa shape index (κ3) is 5.30. The van der Waals surface area contributed by atoms with E-state index in [2.05, 4.69) is 19.9 Å². The van der Waals surface area contributed by atoms with Crippen LogP contribution in [0.15, 0.2) is 18.2 Å². The van der Waals surface area contributed by atoms with Gasteiger partial charge in [0.05, 0.1) is 29.4 Å². The number of pyridine rings is 1. The summed E-state index contributed by atoms with van der Waals surface area (Å²) < 4.78 is 52.2. The zero-order valence-electron chi connectivity index (χ0n) is 20.7. The van der Waals surface area contributed by atoms with E-state index in [-0.39, 0.29) is 49.5 Å². The summed E-state index contributed by atoms with van der Waals surface area (Å²) in [6, 6.07) is 4.33. The molecular formula is C26H29ClF2N4O5. The van der Waals surface area contributed by atoms with Crippen molar-refractivity contribution in [3.8, 4) is 11.8 Å². The van der Waals surface area contributed by atoms with Crippen LogP contribution in [-0.2, 0) is 22.3 Å². The van der Waals surface area contributed by atoms with Crippen molar-refractivity contribution < 1.29 is 32.8 Å². The number of likely N-dealkylation sites (tertiary alicyclic amines) is 1. The number of fused-ring (bicyclic) bond motifs is 2. The van der Waals surface area contributed by atoms with Crippen LogP contribution in [0.25, 0.3) is 11.2 Å². The maximum Gasteiger partial charge on any atom is 0.296 e. The molecule has 12 heteroatoms. The number of hydrogen-bond donors (Lipinski definition) is 2. The molecule has 0 bridgehead atoms. The maximum absolute atomic E-state index is 14.8. The lowest BCUT2D eigenvalue weighted by Gasteiger charge is -2.15. The van der Waals surface area contributed by atoms with Gasteiger partial charge in [0.25, 0.3) is 6.01 Å². The Bertz CT molecular complexity index is 1280. The van der Waals surface area contributed by atoms with Gasteiger partial charge >= 0.3 is 0 Å². The number of benzene rings is 1. The van der Waals surface area contributed by atoms with E-state index in [0.29, 0.717) is 28.5 Å². The second-order valence-corrected chi connectivity index (χ2v) is 10.3. The van der Waals surface area contributed by atoms with E-state index >= 15 is 0 Å². The summed E-state index contributed by atoms with van der Waals surface area (Å²) in [5, 5.41) is 10.3. The van der Waals surface area contributed by atoms with E-state index in [4.69, 9.17) is 30.5 Å². The molecule has 0 aliphatic carbocycles. The molecule has 2 N–H and O–H groups in total. The number of nitrogens with one attached hydrogen (secondary N) is 1. The second kappa shape index (κ2) is 10.9. The van der Waals surface area contributed by atoms with Gasteiger partial charge < -0.3 is 29.0 Å². The predicted molar refractivity (Wildman–Crippen MR) is 134 cm³/mol. The number of hydrogen-bond acceptors (Lipinski definition) is 8. The highest BCUT2D eigenvalue weighted by Gasteiger charge is 2.48.